The average Bonchev–Trinajstić information content (AvgIpc) is 3.23. The zero-order chi connectivity index (χ0) is 18.0. The van der Waals surface area contributed by atoms with E-state index in [9.17, 15) is 13.2 Å². The van der Waals surface area contributed by atoms with E-state index in [1.54, 1.807) is 29.2 Å². The minimum Gasteiger partial charge on any atom is -0.494 e. The second-order valence-electron chi connectivity index (χ2n) is 5.72. The van der Waals surface area contributed by atoms with Gasteiger partial charge in [0.25, 0.3) is 10.0 Å². The minimum atomic E-state index is -3.64. The van der Waals surface area contributed by atoms with E-state index in [0.29, 0.717) is 30.1 Å². The number of nitrogens with one attached hydrogen (secondary N) is 1. The van der Waals surface area contributed by atoms with E-state index in [1.807, 2.05) is 13.0 Å². The second kappa shape index (κ2) is 7.05. The predicted octanol–water partition coefficient (Wildman–Crippen LogP) is 3.25. The maximum Gasteiger partial charge on any atom is 0.271 e. The highest BCUT2D eigenvalue weighted by Gasteiger charge is 2.25. The number of aryl methyl sites for hydroxylation is 1. The highest BCUT2D eigenvalue weighted by Crippen LogP contribution is 2.34. The second-order valence-corrected chi connectivity index (χ2v) is 8.79. The normalized spacial score (nSPS) is 14.8. The molecule has 1 aliphatic heterocycles. The smallest absolute Gasteiger partial charge is 0.271 e. The molecule has 134 valence electrons. The van der Waals surface area contributed by atoms with Crippen molar-refractivity contribution in [2.24, 2.45) is 0 Å². The number of thiophene rings is 1. The molecule has 1 fully saturated rings. The van der Waals surface area contributed by atoms with E-state index in [0.717, 1.165) is 17.7 Å². The van der Waals surface area contributed by atoms with Gasteiger partial charge in [-0.2, -0.15) is 0 Å². The van der Waals surface area contributed by atoms with Crippen molar-refractivity contribution >= 4 is 38.6 Å². The van der Waals surface area contributed by atoms with E-state index in [2.05, 4.69) is 4.72 Å². The summed E-state index contributed by atoms with van der Waals surface area (Å²) in [6, 6.07) is 8.40. The summed E-state index contributed by atoms with van der Waals surface area (Å²) in [6.07, 6.45) is 2.14. The van der Waals surface area contributed by atoms with Crippen LogP contribution in [0.25, 0.3) is 0 Å². The Labute approximate surface area is 151 Å². The molecule has 0 unspecified atom stereocenters. The van der Waals surface area contributed by atoms with Gasteiger partial charge in [0.05, 0.1) is 18.5 Å². The summed E-state index contributed by atoms with van der Waals surface area (Å²) in [5.74, 6) is 0.521. The molecule has 2 heterocycles. The van der Waals surface area contributed by atoms with Crippen LogP contribution in [0.5, 0.6) is 5.75 Å². The van der Waals surface area contributed by atoms with Gasteiger partial charge in [0.1, 0.15) is 9.96 Å². The van der Waals surface area contributed by atoms with Gasteiger partial charge in [0, 0.05) is 23.9 Å². The van der Waals surface area contributed by atoms with E-state index < -0.39 is 10.0 Å². The number of hydrogen-bond donors (Lipinski definition) is 1. The number of methoxy groups -OCH3 is 1. The summed E-state index contributed by atoms with van der Waals surface area (Å²) >= 11 is 1.26. The summed E-state index contributed by atoms with van der Waals surface area (Å²) in [6.45, 7) is 2.63. The molecule has 2 aromatic rings. The van der Waals surface area contributed by atoms with Crippen LogP contribution in [0, 0.1) is 0 Å². The Morgan fingerprint density at radius 2 is 2.08 bits per heavy atom. The third-order valence-corrected chi connectivity index (χ3v) is 7.15. The molecule has 0 bridgehead atoms. The first-order chi connectivity index (χ1) is 11.9. The molecular weight excluding hydrogens is 360 g/mol. The lowest BCUT2D eigenvalue weighted by Gasteiger charge is -2.19. The van der Waals surface area contributed by atoms with Crippen molar-refractivity contribution < 1.29 is 17.9 Å². The fraction of sp³-hybridized carbons (Fsp3) is 0.353. The summed E-state index contributed by atoms with van der Waals surface area (Å²) in [5, 5.41) is 0. The highest BCUT2D eigenvalue weighted by molar-refractivity contribution is 7.94. The van der Waals surface area contributed by atoms with E-state index in [4.69, 9.17) is 4.74 Å². The van der Waals surface area contributed by atoms with Crippen LogP contribution in [0.2, 0.25) is 0 Å². The van der Waals surface area contributed by atoms with Gasteiger partial charge in [-0.3, -0.25) is 9.52 Å². The number of amides is 1. The van der Waals surface area contributed by atoms with Crippen molar-refractivity contribution in [1.82, 2.24) is 0 Å². The maximum atomic E-state index is 12.5. The fourth-order valence-electron chi connectivity index (χ4n) is 2.77. The first-order valence-corrected chi connectivity index (χ1v) is 10.3. The minimum absolute atomic E-state index is 0.0531. The zero-order valence-corrected chi connectivity index (χ0v) is 15.7. The molecule has 6 nitrogen and oxygen atoms in total. The van der Waals surface area contributed by atoms with Crippen molar-refractivity contribution in [3.8, 4) is 5.75 Å². The van der Waals surface area contributed by atoms with E-state index in [1.165, 1.54) is 18.4 Å². The van der Waals surface area contributed by atoms with Crippen LogP contribution < -0.4 is 14.4 Å². The van der Waals surface area contributed by atoms with Gasteiger partial charge in [0.2, 0.25) is 5.91 Å². The molecule has 8 heteroatoms. The standard InChI is InChI=1S/C17H20N2O4S2/c1-3-13-7-9-17(24-13)25(21,22)18-12-6-8-14(15(11-12)23-2)19-10-4-5-16(19)20/h6-9,11,18H,3-5,10H2,1-2H3. The van der Waals surface area contributed by atoms with Crippen LogP contribution in [0.15, 0.2) is 34.5 Å². The number of benzene rings is 1. The lowest BCUT2D eigenvalue weighted by Crippen LogP contribution is -2.24. The van der Waals surface area contributed by atoms with Crippen LogP contribution in [0.1, 0.15) is 24.6 Å². The average molecular weight is 380 g/mol. The summed E-state index contributed by atoms with van der Waals surface area (Å²) in [4.78, 5) is 14.6. The van der Waals surface area contributed by atoms with Gasteiger partial charge in [-0.05, 0) is 37.1 Å². The summed E-state index contributed by atoms with van der Waals surface area (Å²) in [5.41, 5.74) is 1.07. The molecule has 3 rings (SSSR count). The molecule has 1 aromatic heterocycles. The number of anilines is 2. The molecule has 1 aromatic carbocycles. The Bertz CT molecular complexity index is 890. The van der Waals surface area contributed by atoms with Gasteiger partial charge >= 0.3 is 0 Å². The number of sulfonamides is 1. The van der Waals surface area contributed by atoms with Crippen molar-refractivity contribution in [2.75, 3.05) is 23.3 Å². The maximum absolute atomic E-state index is 12.5. The Balaban J connectivity index is 1.86. The topological polar surface area (TPSA) is 75.7 Å². The first kappa shape index (κ1) is 17.8. The van der Waals surface area contributed by atoms with E-state index in [-0.39, 0.29) is 10.1 Å². The number of carbonyl (C=O) groups is 1. The zero-order valence-electron chi connectivity index (χ0n) is 14.1. The predicted molar refractivity (Wildman–Crippen MR) is 99.1 cm³/mol. The van der Waals surface area contributed by atoms with Gasteiger partial charge in [0.15, 0.2) is 0 Å². The van der Waals surface area contributed by atoms with Crippen LogP contribution in [0.4, 0.5) is 11.4 Å². The molecule has 1 saturated heterocycles. The Morgan fingerprint density at radius 3 is 2.68 bits per heavy atom. The van der Waals surface area contributed by atoms with Crippen molar-refractivity contribution in [3.05, 3.63) is 35.2 Å². The molecular formula is C17H20N2O4S2. The monoisotopic (exact) mass is 380 g/mol. The Kier molecular flexibility index (Phi) is 5.01. The fourth-order valence-corrected chi connectivity index (χ4v) is 5.11. The van der Waals surface area contributed by atoms with E-state index >= 15 is 0 Å². The van der Waals surface area contributed by atoms with Crippen molar-refractivity contribution in [1.29, 1.82) is 0 Å². The molecule has 0 radical (unpaired) electrons. The largest absolute Gasteiger partial charge is 0.494 e. The van der Waals surface area contributed by atoms with Crippen LogP contribution in [-0.2, 0) is 21.2 Å². The number of ether oxygens (including phenoxy) is 1. The van der Waals surface area contributed by atoms with Gasteiger partial charge in [-0.25, -0.2) is 8.42 Å². The number of nitrogens with zero attached hydrogens (tertiary/aromatic N) is 1. The molecule has 1 amide bonds. The summed E-state index contributed by atoms with van der Waals surface area (Å²) in [7, 11) is -2.13. The molecule has 0 aliphatic carbocycles. The van der Waals surface area contributed by atoms with Crippen molar-refractivity contribution in [3.63, 3.8) is 0 Å². The van der Waals surface area contributed by atoms with Crippen LogP contribution in [0.3, 0.4) is 0 Å². The number of carbonyl (C=O) groups excluding carboxylic acids is 1. The number of hydrogen-bond acceptors (Lipinski definition) is 5. The first-order valence-electron chi connectivity index (χ1n) is 8.04. The van der Waals surface area contributed by atoms with Gasteiger partial charge < -0.3 is 9.64 Å². The van der Waals surface area contributed by atoms with Gasteiger partial charge in [-0.1, -0.05) is 6.92 Å². The Hall–Kier alpha value is -2.06. The number of rotatable bonds is 6. The lowest BCUT2D eigenvalue weighted by atomic mass is 10.2. The van der Waals surface area contributed by atoms with Crippen molar-refractivity contribution in [2.45, 2.75) is 30.4 Å². The molecule has 0 saturated carbocycles. The molecule has 1 aliphatic rings. The summed E-state index contributed by atoms with van der Waals surface area (Å²) < 4.78 is 33.3. The molecule has 1 N–H and O–H groups in total. The quantitative estimate of drug-likeness (QED) is 0.835. The van der Waals surface area contributed by atoms with Gasteiger partial charge in [-0.15, -0.1) is 11.3 Å². The third kappa shape index (κ3) is 3.64. The third-order valence-electron chi connectivity index (χ3n) is 4.05. The molecule has 0 spiro atoms. The SMILES string of the molecule is CCc1ccc(S(=O)(=O)Nc2ccc(N3CCCC3=O)c(OC)c2)s1. The van der Waals surface area contributed by atoms with Crippen LogP contribution >= 0.6 is 11.3 Å². The Morgan fingerprint density at radius 1 is 1.28 bits per heavy atom. The van der Waals surface area contributed by atoms with Crippen LogP contribution in [-0.4, -0.2) is 28.0 Å². The highest BCUT2D eigenvalue weighted by atomic mass is 32.2. The molecule has 0 atom stereocenters. The molecule has 25 heavy (non-hydrogen) atoms. The lowest BCUT2D eigenvalue weighted by molar-refractivity contribution is -0.117.